The maximum absolute atomic E-state index is 10.6. The van der Waals surface area contributed by atoms with E-state index in [4.69, 9.17) is 9.47 Å². The summed E-state index contributed by atoms with van der Waals surface area (Å²) in [6.07, 6.45) is 5.13. The quantitative estimate of drug-likeness (QED) is 0.338. The molecule has 0 saturated carbocycles. The zero-order chi connectivity index (χ0) is 8.10. The molecular weight excluding hydrogens is 144 g/mol. The lowest BCUT2D eigenvalue weighted by Crippen LogP contribution is -2.21. The molecule has 3 nitrogen and oxygen atoms in total. The van der Waals surface area contributed by atoms with E-state index in [0.29, 0.717) is 13.0 Å². The number of esters is 1. The van der Waals surface area contributed by atoms with Gasteiger partial charge in [-0.15, -0.1) is 0 Å². The third-order valence-corrected chi connectivity index (χ3v) is 1.29. The molecular formula is C8H10O3. The van der Waals surface area contributed by atoms with Crippen molar-refractivity contribution in [3.8, 4) is 0 Å². The predicted molar refractivity (Wildman–Crippen MR) is 39.8 cm³/mol. The summed E-state index contributed by atoms with van der Waals surface area (Å²) in [5.74, 6) is -0.440. The van der Waals surface area contributed by atoms with Crippen molar-refractivity contribution >= 4 is 5.97 Å². The highest BCUT2D eigenvalue weighted by molar-refractivity contribution is 5.81. The van der Waals surface area contributed by atoms with E-state index in [1.54, 1.807) is 0 Å². The average molecular weight is 154 g/mol. The molecule has 0 bridgehead atoms. The molecule has 0 saturated heterocycles. The van der Waals surface area contributed by atoms with Crippen LogP contribution in [-0.2, 0) is 14.3 Å². The van der Waals surface area contributed by atoms with Gasteiger partial charge in [0.1, 0.15) is 0 Å². The van der Waals surface area contributed by atoms with Gasteiger partial charge < -0.3 is 9.47 Å². The van der Waals surface area contributed by atoms with Crippen molar-refractivity contribution in [3.05, 3.63) is 24.8 Å². The molecule has 0 N–H and O–H groups in total. The highest BCUT2D eigenvalue weighted by atomic mass is 16.7. The smallest absolute Gasteiger partial charge is 0.332 e. The first kappa shape index (κ1) is 8.01. The normalized spacial score (nSPS) is 22.7. The molecule has 0 fully saturated rings. The predicted octanol–water partition coefficient (Wildman–Crippen LogP) is 1.02. The monoisotopic (exact) mass is 154 g/mol. The van der Waals surface area contributed by atoms with Crippen LogP contribution in [0, 0.1) is 0 Å². The van der Waals surface area contributed by atoms with Crippen LogP contribution in [0.5, 0.6) is 0 Å². The molecule has 3 heteroatoms. The zero-order valence-electron chi connectivity index (χ0n) is 6.16. The van der Waals surface area contributed by atoms with E-state index in [2.05, 4.69) is 6.58 Å². The summed E-state index contributed by atoms with van der Waals surface area (Å²) < 4.78 is 9.88. The summed E-state index contributed by atoms with van der Waals surface area (Å²) >= 11 is 0. The summed E-state index contributed by atoms with van der Waals surface area (Å²) in [5.41, 5.74) is 0. The highest BCUT2D eigenvalue weighted by Crippen LogP contribution is 2.07. The fraction of sp³-hybridized carbons (Fsp3) is 0.375. The minimum absolute atomic E-state index is 0.425. The lowest BCUT2D eigenvalue weighted by Gasteiger charge is -2.17. The van der Waals surface area contributed by atoms with Gasteiger partial charge >= 0.3 is 5.97 Å². The Kier molecular flexibility index (Phi) is 2.86. The molecule has 0 aliphatic carbocycles. The summed E-state index contributed by atoms with van der Waals surface area (Å²) in [6.45, 7) is 3.79. The molecule has 0 aromatic carbocycles. The van der Waals surface area contributed by atoms with Gasteiger partial charge in [0.05, 0.1) is 6.61 Å². The topological polar surface area (TPSA) is 35.5 Å². The van der Waals surface area contributed by atoms with Gasteiger partial charge in [-0.05, 0) is 0 Å². The van der Waals surface area contributed by atoms with Crippen LogP contribution >= 0.6 is 0 Å². The fourth-order valence-corrected chi connectivity index (χ4v) is 0.766. The van der Waals surface area contributed by atoms with Gasteiger partial charge in [-0.3, -0.25) is 0 Å². The molecule has 1 heterocycles. The Morgan fingerprint density at radius 1 is 1.73 bits per heavy atom. The van der Waals surface area contributed by atoms with Gasteiger partial charge in [0.2, 0.25) is 6.29 Å². The third kappa shape index (κ3) is 2.55. The first-order valence-electron chi connectivity index (χ1n) is 3.42. The molecule has 1 rings (SSSR count). The van der Waals surface area contributed by atoms with Crippen LogP contribution < -0.4 is 0 Å². The van der Waals surface area contributed by atoms with E-state index in [0.717, 1.165) is 6.08 Å². The Hall–Kier alpha value is -1.09. The first-order valence-corrected chi connectivity index (χ1v) is 3.42. The number of carbonyl (C=O) groups is 1. The Morgan fingerprint density at radius 2 is 2.55 bits per heavy atom. The van der Waals surface area contributed by atoms with Gasteiger partial charge in [0.25, 0.3) is 0 Å². The summed E-state index contributed by atoms with van der Waals surface area (Å²) in [6, 6.07) is 0. The van der Waals surface area contributed by atoms with Crippen LogP contribution in [0.15, 0.2) is 24.8 Å². The van der Waals surface area contributed by atoms with Crippen molar-refractivity contribution in [2.24, 2.45) is 0 Å². The van der Waals surface area contributed by atoms with E-state index in [-0.39, 0.29) is 0 Å². The second kappa shape index (κ2) is 3.93. The van der Waals surface area contributed by atoms with E-state index in [1.165, 1.54) is 0 Å². The lowest BCUT2D eigenvalue weighted by atomic mass is 10.3. The first-order chi connectivity index (χ1) is 5.33. The Balaban J connectivity index is 2.31. The molecule has 1 aliphatic heterocycles. The van der Waals surface area contributed by atoms with Gasteiger partial charge in [-0.25, -0.2) is 4.79 Å². The minimum atomic E-state index is -0.440. The van der Waals surface area contributed by atoms with Gasteiger partial charge in [0, 0.05) is 12.5 Å². The zero-order valence-corrected chi connectivity index (χ0v) is 6.16. The van der Waals surface area contributed by atoms with Gasteiger partial charge in [-0.1, -0.05) is 18.7 Å². The molecule has 0 aromatic heterocycles. The summed E-state index contributed by atoms with van der Waals surface area (Å²) in [4.78, 5) is 10.6. The second-order valence-electron chi connectivity index (χ2n) is 2.11. The van der Waals surface area contributed by atoms with Crippen molar-refractivity contribution in [3.63, 3.8) is 0 Å². The number of hydrogen-bond donors (Lipinski definition) is 0. The van der Waals surface area contributed by atoms with Gasteiger partial charge in [0.15, 0.2) is 0 Å². The van der Waals surface area contributed by atoms with E-state index in [1.807, 2.05) is 12.2 Å². The van der Waals surface area contributed by atoms with Crippen molar-refractivity contribution in [1.82, 2.24) is 0 Å². The van der Waals surface area contributed by atoms with Crippen molar-refractivity contribution in [2.45, 2.75) is 12.7 Å². The number of rotatable bonds is 2. The van der Waals surface area contributed by atoms with Crippen LogP contribution in [0.25, 0.3) is 0 Å². The maximum atomic E-state index is 10.6. The maximum Gasteiger partial charge on any atom is 0.332 e. The Bertz CT molecular complexity index is 184. The average Bonchev–Trinajstić information content (AvgIpc) is 2.06. The molecule has 0 spiro atoms. The molecule has 0 amide bonds. The number of carbonyl (C=O) groups excluding carboxylic acids is 1. The fourth-order valence-electron chi connectivity index (χ4n) is 0.766. The summed E-state index contributed by atoms with van der Waals surface area (Å²) in [7, 11) is 0. The summed E-state index contributed by atoms with van der Waals surface area (Å²) in [5, 5.41) is 0. The number of ether oxygens (including phenoxy) is 2. The molecule has 0 radical (unpaired) electrons. The van der Waals surface area contributed by atoms with E-state index in [9.17, 15) is 4.79 Å². The molecule has 60 valence electrons. The molecule has 0 aromatic rings. The van der Waals surface area contributed by atoms with Crippen molar-refractivity contribution in [1.29, 1.82) is 0 Å². The molecule has 1 unspecified atom stereocenters. The standard InChI is InChI=1S/C8H10O3/c1-2-7(9)11-8-5-3-4-6-10-8/h2-4,8H,1,5-6H2. The number of hydrogen-bond acceptors (Lipinski definition) is 3. The molecule has 11 heavy (non-hydrogen) atoms. The highest BCUT2D eigenvalue weighted by Gasteiger charge is 2.12. The van der Waals surface area contributed by atoms with Crippen LogP contribution in [0.1, 0.15) is 6.42 Å². The van der Waals surface area contributed by atoms with Crippen LogP contribution in [0.2, 0.25) is 0 Å². The minimum Gasteiger partial charge on any atom is -0.432 e. The second-order valence-corrected chi connectivity index (χ2v) is 2.11. The lowest BCUT2D eigenvalue weighted by molar-refractivity contribution is -0.171. The molecule has 1 atom stereocenters. The Morgan fingerprint density at radius 3 is 3.09 bits per heavy atom. The third-order valence-electron chi connectivity index (χ3n) is 1.29. The van der Waals surface area contributed by atoms with Crippen LogP contribution in [-0.4, -0.2) is 18.9 Å². The SMILES string of the molecule is C=CC(=O)OC1CC=CCO1. The van der Waals surface area contributed by atoms with Crippen LogP contribution in [0.3, 0.4) is 0 Å². The van der Waals surface area contributed by atoms with Crippen molar-refractivity contribution in [2.75, 3.05) is 6.61 Å². The van der Waals surface area contributed by atoms with Gasteiger partial charge in [-0.2, -0.15) is 0 Å². The van der Waals surface area contributed by atoms with E-state index >= 15 is 0 Å². The van der Waals surface area contributed by atoms with Crippen LogP contribution in [0.4, 0.5) is 0 Å². The largest absolute Gasteiger partial charge is 0.432 e. The molecule has 1 aliphatic rings. The van der Waals surface area contributed by atoms with Crippen molar-refractivity contribution < 1.29 is 14.3 Å². The Labute approximate surface area is 65.3 Å². The van der Waals surface area contributed by atoms with E-state index < -0.39 is 12.3 Å².